The number of benzene rings is 1. The minimum absolute atomic E-state index is 0.317. The Bertz CT molecular complexity index is 808. The maximum Gasteiger partial charge on any atom is 0.209 e. The zero-order valence-corrected chi connectivity index (χ0v) is 15.8. The van der Waals surface area contributed by atoms with Crippen LogP contribution in [0.5, 0.6) is 0 Å². The second-order valence-electron chi connectivity index (χ2n) is 7.10. The average molecular weight is 367 g/mol. The Morgan fingerprint density at radius 1 is 1.11 bits per heavy atom. The molecule has 0 spiro atoms. The fourth-order valence-corrected chi connectivity index (χ4v) is 3.97. The Hall–Kier alpha value is -2.67. The van der Waals surface area contributed by atoms with E-state index in [0.717, 1.165) is 50.6 Å². The number of furan rings is 1. The standard InChI is InChI=1S/C20H26N6O/c1-2-7-19(20-21-22-23-26(20)16-18-10-6-15-27-18)25-13-11-24(12-14-25)17-8-4-3-5-9-17/h3-6,8-10,15,19H,2,7,11-14,16H2,1H3/p+1/t19-/m0/s1. The molecule has 4 rings (SSSR count). The Labute approximate surface area is 159 Å². The van der Waals surface area contributed by atoms with E-state index in [-0.39, 0.29) is 0 Å². The predicted molar refractivity (Wildman–Crippen MR) is 103 cm³/mol. The van der Waals surface area contributed by atoms with Crippen molar-refractivity contribution in [3.8, 4) is 0 Å². The van der Waals surface area contributed by atoms with E-state index in [1.54, 1.807) is 11.2 Å². The SMILES string of the molecule is CCC[C@@H](c1nnnn1Cc1ccco1)[NH+]1CCN(c2ccccc2)CC1. The molecule has 0 saturated carbocycles. The summed E-state index contributed by atoms with van der Waals surface area (Å²) in [6.07, 6.45) is 3.89. The first-order valence-electron chi connectivity index (χ1n) is 9.78. The maximum absolute atomic E-state index is 5.48. The van der Waals surface area contributed by atoms with Crippen LogP contribution < -0.4 is 9.80 Å². The number of aromatic nitrogens is 4. The van der Waals surface area contributed by atoms with Crippen LogP contribution in [-0.2, 0) is 6.54 Å². The fraction of sp³-hybridized carbons (Fsp3) is 0.450. The van der Waals surface area contributed by atoms with Crippen molar-refractivity contribution < 1.29 is 9.32 Å². The number of hydrogen-bond acceptors (Lipinski definition) is 5. The molecular weight excluding hydrogens is 340 g/mol. The molecule has 27 heavy (non-hydrogen) atoms. The summed E-state index contributed by atoms with van der Waals surface area (Å²) in [5.74, 6) is 1.85. The number of quaternary nitrogens is 1. The molecule has 3 heterocycles. The molecule has 0 radical (unpaired) electrons. The predicted octanol–water partition coefficient (Wildman–Crippen LogP) is 1.56. The molecule has 142 valence electrons. The summed E-state index contributed by atoms with van der Waals surface area (Å²) in [6, 6.07) is 14.9. The van der Waals surface area contributed by atoms with Gasteiger partial charge in [-0.3, -0.25) is 0 Å². The zero-order chi connectivity index (χ0) is 18.5. The van der Waals surface area contributed by atoms with Gasteiger partial charge in [-0.2, -0.15) is 0 Å². The van der Waals surface area contributed by atoms with Gasteiger partial charge >= 0.3 is 0 Å². The van der Waals surface area contributed by atoms with Crippen LogP contribution in [-0.4, -0.2) is 46.4 Å². The number of hydrogen-bond donors (Lipinski definition) is 1. The van der Waals surface area contributed by atoms with Crippen LogP contribution in [0.25, 0.3) is 0 Å². The van der Waals surface area contributed by atoms with E-state index in [1.807, 2.05) is 16.8 Å². The second kappa shape index (κ2) is 8.35. The van der Waals surface area contributed by atoms with Gasteiger partial charge in [0.05, 0.1) is 32.4 Å². The quantitative estimate of drug-likeness (QED) is 0.687. The first kappa shape index (κ1) is 17.7. The van der Waals surface area contributed by atoms with Crippen LogP contribution in [0, 0.1) is 0 Å². The van der Waals surface area contributed by atoms with E-state index < -0.39 is 0 Å². The lowest BCUT2D eigenvalue weighted by atomic mass is 10.1. The molecule has 1 saturated heterocycles. The van der Waals surface area contributed by atoms with E-state index in [9.17, 15) is 0 Å². The molecule has 0 amide bonds. The number of para-hydroxylation sites is 1. The number of anilines is 1. The lowest BCUT2D eigenvalue weighted by Crippen LogP contribution is -3.15. The van der Waals surface area contributed by atoms with Gasteiger partial charge in [0.2, 0.25) is 5.82 Å². The highest BCUT2D eigenvalue weighted by molar-refractivity contribution is 5.46. The Morgan fingerprint density at radius 2 is 1.93 bits per heavy atom. The summed E-state index contributed by atoms with van der Waals surface area (Å²) >= 11 is 0. The highest BCUT2D eigenvalue weighted by Gasteiger charge is 2.32. The number of rotatable bonds is 7. The number of nitrogens with zero attached hydrogens (tertiary/aromatic N) is 5. The van der Waals surface area contributed by atoms with Gasteiger partial charge in [0.1, 0.15) is 18.3 Å². The van der Waals surface area contributed by atoms with Crippen molar-refractivity contribution in [1.82, 2.24) is 20.2 Å². The summed E-state index contributed by atoms with van der Waals surface area (Å²) < 4.78 is 7.38. The van der Waals surface area contributed by atoms with Crippen molar-refractivity contribution >= 4 is 5.69 Å². The maximum atomic E-state index is 5.48. The molecule has 1 aliphatic heterocycles. The van der Waals surface area contributed by atoms with Crippen LogP contribution in [0.15, 0.2) is 53.1 Å². The molecule has 2 aromatic heterocycles. The molecule has 7 nitrogen and oxygen atoms in total. The van der Waals surface area contributed by atoms with Crippen molar-refractivity contribution in [2.45, 2.75) is 32.4 Å². The van der Waals surface area contributed by atoms with Gasteiger partial charge in [-0.1, -0.05) is 31.5 Å². The van der Waals surface area contributed by atoms with Crippen LogP contribution in [0.3, 0.4) is 0 Å². The van der Waals surface area contributed by atoms with Gasteiger partial charge in [0.15, 0.2) is 0 Å². The van der Waals surface area contributed by atoms with Gasteiger partial charge in [0, 0.05) is 12.1 Å². The normalized spacial score (nSPS) is 16.6. The monoisotopic (exact) mass is 367 g/mol. The molecular formula is C20H27N6O+. The van der Waals surface area contributed by atoms with Crippen molar-refractivity contribution in [2.24, 2.45) is 0 Å². The molecule has 0 bridgehead atoms. The molecule has 0 unspecified atom stereocenters. The van der Waals surface area contributed by atoms with Crippen LogP contribution in [0.2, 0.25) is 0 Å². The van der Waals surface area contributed by atoms with Gasteiger partial charge in [-0.15, -0.1) is 5.10 Å². The lowest BCUT2D eigenvalue weighted by molar-refractivity contribution is -0.933. The molecule has 1 fully saturated rings. The fourth-order valence-electron chi connectivity index (χ4n) is 3.97. The largest absolute Gasteiger partial charge is 0.467 e. The Kier molecular flexibility index (Phi) is 5.48. The first-order valence-corrected chi connectivity index (χ1v) is 9.78. The first-order chi connectivity index (χ1) is 13.3. The Balaban J connectivity index is 1.47. The molecule has 0 aliphatic carbocycles. The third-order valence-corrected chi connectivity index (χ3v) is 5.35. The molecule has 1 aliphatic rings. The van der Waals surface area contributed by atoms with Crippen molar-refractivity contribution in [2.75, 3.05) is 31.1 Å². The number of piperazine rings is 1. The number of tetrazole rings is 1. The molecule has 1 atom stereocenters. The third kappa shape index (κ3) is 4.03. The summed E-state index contributed by atoms with van der Waals surface area (Å²) in [5.41, 5.74) is 1.31. The topological polar surface area (TPSA) is 64.4 Å². The average Bonchev–Trinajstić information content (AvgIpc) is 3.40. The Morgan fingerprint density at radius 3 is 2.63 bits per heavy atom. The summed E-state index contributed by atoms with van der Waals surface area (Å²) in [5, 5.41) is 12.6. The highest BCUT2D eigenvalue weighted by atomic mass is 16.3. The number of nitrogens with one attached hydrogen (secondary N) is 1. The van der Waals surface area contributed by atoms with Crippen molar-refractivity contribution in [3.05, 3.63) is 60.3 Å². The smallest absolute Gasteiger partial charge is 0.209 e. The van der Waals surface area contributed by atoms with Crippen molar-refractivity contribution in [1.29, 1.82) is 0 Å². The minimum Gasteiger partial charge on any atom is -0.467 e. The van der Waals surface area contributed by atoms with Gasteiger partial charge in [-0.25, -0.2) is 4.68 Å². The molecule has 1 N–H and O–H groups in total. The summed E-state index contributed by atoms with van der Waals surface area (Å²) in [4.78, 5) is 4.04. The van der Waals surface area contributed by atoms with E-state index in [0.29, 0.717) is 12.6 Å². The van der Waals surface area contributed by atoms with E-state index in [4.69, 9.17) is 4.42 Å². The van der Waals surface area contributed by atoms with E-state index >= 15 is 0 Å². The highest BCUT2D eigenvalue weighted by Crippen LogP contribution is 2.16. The third-order valence-electron chi connectivity index (χ3n) is 5.35. The van der Waals surface area contributed by atoms with Crippen LogP contribution >= 0.6 is 0 Å². The lowest BCUT2D eigenvalue weighted by Gasteiger charge is -2.37. The molecule has 3 aromatic rings. The van der Waals surface area contributed by atoms with Gasteiger partial charge in [0.25, 0.3) is 0 Å². The van der Waals surface area contributed by atoms with Crippen LogP contribution in [0.4, 0.5) is 5.69 Å². The van der Waals surface area contributed by atoms with Gasteiger partial charge < -0.3 is 14.2 Å². The second-order valence-corrected chi connectivity index (χ2v) is 7.10. The molecule has 7 heteroatoms. The van der Waals surface area contributed by atoms with E-state index in [2.05, 4.69) is 57.7 Å². The van der Waals surface area contributed by atoms with E-state index in [1.165, 1.54) is 5.69 Å². The zero-order valence-electron chi connectivity index (χ0n) is 15.8. The summed E-state index contributed by atoms with van der Waals surface area (Å²) in [6.45, 7) is 7.10. The summed E-state index contributed by atoms with van der Waals surface area (Å²) in [7, 11) is 0. The minimum atomic E-state index is 0.317. The van der Waals surface area contributed by atoms with Crippen LogP contribution in [0.1, 0.15) is 37.4 Å². The van der Waals surface area contributed by atoms with Gasteiger partial charge in [-0.05, 0) is 34.7 Å². The van der Waals surface area contributed by atoms with Crippen molar-refractivity contribution in [3.63, 3.8) is 0 Å². The molecule has 1 aromatic carbocycles.